The van der Waals surface area contributed by atoms with Gasteiger partial charge in [-0.05, 0) is 56.7 Å². The van der Waals surface area contributed by atoms with Crippen molar-refractivity contribution in [2.75, 3.05) is 7.05 Å². The Bertz CT molecular complexity index is 794. The molecular weight excluding hydrogens is 347 g/mol. The van der Waals surface area contributed by atoms with Crippen LogP contribution in [-0.4, -0.2) is 18.0 Å². The van der Waals surface area contributed by atoms with Crippen LogP contribution in [-0.2, 0) is 12.0 Å². The topological polar surface area (TPSA) is 27.0 Å². The van der Waals surface area contributed by atoms with Gasteiger partial charge in [0.15, 0.2) is 0 Å². The largest absolute Gasteiger partial charge is 0.299 e. The van der Waals surface area contributed by atoms with Crippen LogP contribution in [0.15, 0.2) is 54.6 Å². The SMILES string of the molecule is CCC(CCC(C#N)(c1ccccc1F)C1CCC1)N(C)Cc1ccccc1. The number of nitrogens with zero attached hydrogens (tertiary/aromatic N) is 2. The molecule has 1 saturated carbocycles. The van der Waals surface area contributed by atoms with Crippen LogP contribution >= 0.6 is 0 Å². The zero-order chi connectivity index (χ0) is 20.0. The molecule has 0 aromatic heterocycles. The van der Waals surface area contributed by atoms with Gasteiger partial charge in [0.2, 0.25) is 0 Å². The molecule has 0 amide bonds. The fraction of sp³-hybridized carbons (Fsp3) is 0.480. The second-order valence-electron chi connectivity index (χ2n) is 8.19. The highest BCUT2D eigenvalue weighted by Crippen LogP contribution is 2.48. The van der Waals surface area contributed by atoms with Crippen LogP contribution < -0.4 is 0 Å². The zero-order valence-corrected chi connectivity index (χ0v) is 17.1. The lowest BCUT2D eigenvalue weighted by molar-refractivity contribution is 0.159. The van der Waals surface area contributed by atoms with Crippen molar-refractivity contribution in [3.63, 3.8) is 0 Å². The Morgan fingerprint density at radius 1 is 1.14 bits per heavy atom. The van der Waals surface area contributed by atoms with Gasteiger partial charge in [0, 0.05) is 18.2 Å². The molecule has 3 rings (SSSR count). The fourth-order valence-electron chi connectivity index (χ4n) is 4.62. The maximum absolute atomic E-state index is 14.7. The molecule has 2 atom stereocenters. The lowest BCUT2D eigenvalue weighted by atomic mass is 9.60. The van der Waals surface area contributed by atoms with E-state index in [1.54, 1.807) is 6.07 Å². The van der Waals surface area contributed by atoms with Crippen LogP contribution in [0.5, 0.6) is 0 Å². The summed E-state index contributed by atoms with van der Waals surface area (Å²) in [5, 5.41) is 10.2. The highest BCUT2D eigenvalue weighted by atomic mass is 19.1. The van der Waals surface area contributed by atoms with E-state index in [1.807, 2.05) is 18.2 Å². The van der Waals surface area contributed by atoms with Crippen molar-refractivity contribution >= 4 is 0 Å². The van der Waals surface area contributed by atoms with Gasteiger partial charge >= 0.3 is 0 Å². The fourth-order valence-corrected chi connectivity index (χ4v) is 4.62. The summed E-state index contributed by atoms with van der Waals surface area (Å²) < 4.78 is 14.7. The second-order valence-corrected chi connectivity index (χ2v) is 8.19. The van der Waals surface area contributed by atoms with Crippen molar-refractivity contribution in [3.05, 3.63) is 71.5 Å². The van der Waals surface area contributed by atoms with Crippen molar-refractivity contribution in [1.82, 2.24) is 4.90 Å². The minimum Gasteiger partial charge on any atom is -0.299 e. The molecular formula is C25H31FN2. The first-order valence-corrected chi connectivity index (χ1v) is 10.5. The molecule has 0 bridgehead atoms. The van der Waals surface area contributed by atoms with Crippen LogP contribution in [0.25, 0.3) is 0 Å². The van der Waals surface area contributed by atoms with E-state index in [4.69, 9.17) is 0 Å². The molecule has 2 aromatic rings. The molecule has 2 unspecified atom stereocenters. The number of benzene rings is 2. The molecule has 0 spiro atoms. The molecule has 0 saturated heterocycles. The van der Waals surface area contributed by atoms with E-state index in [0.29, 0.717) is 18.0 Å². The Morgan fingerprint density at radius 3 is 2.39 bits per heavy atom. The molecule has 3 heteroatoms. The molecule has 0 N–H and O–H groups in total. The van der Waals surface area contributed by atoms with Gasteiger partial charge in [-0.15, -0.1) is 0 Å². The van der Waals surface area contributed by atoms with Crippen molar-refractivity contribution in [2.24, 2.45) is 5.92 Å². The van der Waals surface area contributed by atoms with Crippen molar-refractivity contribution in [1.29, 1.82) is 5.26 Å². The summed E-state index contributed by atoms with van der Waals surface area (Å²) in [4.78, 5) is 2.37. The Morgan fingerprint density at radius 2 is 1.82 bits per heavy atom. The summed E-state index contributed by atoms with van der Waals surface area (Å²) >= 11 is 0. The lowest BCUT2D eigenvalue weighted by Gasteiger charge is -2.42. The van der Waals surface area contributed by atoms with E-state index in [9.17, 15) is 9.65 Å². The second kappa shape index (κ2) is 9.34. The predicted octanol–water partition coefficient (Wildman–Crippen LogP) is 6.08. The van der Waals surface area contributed by atoms with Crippen LogP contribution in [0, 0.1) is 23.1 Å². The van der Waals surface area contributed by atoms with E-state index in [0.717, 1.165) is 38.6 Å². The quantitative estimate of drug-likeness (QED) is 0.529. The molecule has 0 aliphatic heterocycles. The van der Waals surface area contributed by atoms with Crippen LogP contribution in [0.3, 0.4) is 0 Å². The van der Waals surface area contributed by atoms with Crippen LogP contribution in [0.1, 0.15) is 56.6 Å². The summed E-state index contributed by atoms with van der Waals surface area (Å²) in [7, 11) is 2.15. The molecule has 1 aliphatic rings. The maximum atomic E-state index is 14.7. The third-order valence-electron chi connectivity index (χ3n) is 6.60. The van der Waals surface area contributed by atoms with Gasteiger partial charge in [0.1, 0.15) is 5.82 Å². The summed E-state index contributed by atoms with van der Waals surface area (Å²) in [6.07, 6.45) is 5.84. The molecule has 2 aromatic carbocycles. The average molecular weight is 379 g/mol. The van der Waals surface area contributed by atoms with E-state index < -0.39 is 5.41 Å². The summed E-state index contributed by atoms with van der Waals surface area (Å²) in [6, 6.07) is 20.3. The number of nitriles is 1. The Labute approximate surface area is 169 Å². The zero-order valence-electron chi connectivity index (χ0n) is 17.1. The van der Waals surface area contributed by atoms with Crippen molar-refractivity contribution in [2.45, 2.75) is 63.5 Å². The molecule has 28 heavy (non-hydrogen) atoms. The number of hydrogen-bond acceptors (Lipinski definition) is 2. The Hall–Kier alpha value is -2.18. The van der Waals surface area contributed by atoms with Gasteiger partial charge in [0.05, 0.1) is 11.5 Å². The Balaban J connectivity index is 1.77. The average Bonchev–Trinajstić information content (AvgIpc) is 2.67. The minimum absolute atomic E-state index is 0.235. The highest BCUT2D eigenvalue weighted by molar-refractivity contribution is 5.35. The molecule has 0 heterocycles. The van der Waals surface area contributed by atoms with E-state index in [1.165, 1.54) is 11.6 Å². The smallest absolute Gasteiger partial charge is 0.128 e. The summed E-state index contributed by atoms with van der Waals surface area (Å²) in [5.41, 5.74) is 1.19. The Kier molecular flexibility index (Phi) is 6.86. The standard InChI is InChI=1S/C25H31FN2/c1-3-22(28(2)18-20-10-5-4-6-11-20)16-17-25(19-27,21-12-9-13-21)23-14-7-8-15-24(23)26/h4-8,10-11,14-15,21-22H,3,9,12-13,16-18H2,1-2H3. The summed E-state index contributed by atoms with van der Waals surface area (Å²) in [5.74, 6) is 0.0352. The molecule has 1 fully saturated rings. The number of rotatable bonds is 9. The third-order valence-corrected chi connectivity index (χ3v) is 6.60. The molecule has 148 valence electrons. The first-order valence-electron chi connectivity index (χ1n) is 10.5. The van der Waals surface area contributed by atoms with Gasteiger partial charge in [-0.25, -0.2) is 4.39 Å². The number of halogens is 1. The highest BCUT2D eigenvalue weighted by Gasteiger charge is 2.45. The predicted molar refractivity (Wildman–Crippen MR) is 112 cm³/mol. The normalized spacial score (nSPS) is 17.5. The van der Waals surface area contributed by atoms with E-state index >= 15 is 0 Å². The summed E-state index contributed by atoms with van der Waals surface area (Å²) in [6.45, 7) is 3.09. The molecule has 2 nitrogen and oxygen atoms in total. The molecule has 1 aliphatic carbocycles. The van der Waals surface area contributed by atoms with Crippen molar-refractivity contribution < 1.29 is 4.39 Å². The van der Waals surface area contributed by atoms with E-state index in [2.05, 4.69) is 49.2 Å². The van der Waals surface area contributed by atoms with Gasteiger partial charge in [-0.2, -0.15) is 5.26 Å². The maximum Gasteiger partial charge on any atom is 0.128 e. The first kappa shape index (κ1) is 20.6. The van der Waals surface area contributed by atoms with Gasteiger partial charge in [-0.1, -0.05) is 61.9 Å². The van der Waals surface area contributed by atoms with Gasteiger partial charge < -0.3 is 0 Å². The first-order chi connectivity index (χ1) is 13.6. The molecule has 0 radical (unpaired) electrons. The minimum atomic E-state index is -0.704. The van der Waals surface area contributed by atoms with E-state index in [-0.39, 0.29) is 11.7 Å². The van der Waals surface area contributed by atoms with Gasteiger partial charge in [-0.3, -0.25) is 4.90 Å². The van der Waals surface area contributed by atoms with Crippen LogP contribution in [0.4, 0.5) is 4.39 Å². The van der Waals surface area contributed by atoms with Crippen molar-refractivity contribution in [3.8, 4) is 6.07 Å². The third kappa shape index (κ3) is 4.28. The van der Waals surface area contributed by atoms with Gasteiger partial charge in [0.25, 0.3) is 0 Å². The lowest BCUT2D eigenvalue weighted by Crippen LogP contribution is -2.41. The monoisotopic (exact) mass is 378 g/mol. The number of hydrogen-bond donors (Lipinski definition) is 0. The van der Waals surface area contributed by atoms with Crippen LogP contribution in [0.2, 0.25) is 0 Å².